The molecule has 238 valence electrons. The Kier molecular flexibility index (Phi) is 11.3. The van der Waals surface area contributed by atoms with Crippen LogP contribution in [0, 0.1) is 11.8 Å². The molecule has 44 heavy (non-hydrogen) atoms. The number of hydrogen-bond acceptors (Lipinski definition) is 7. The largest absolute Gasteiger partial charge is 0.469 e. The van der Waals surface area contributed by atoms with Crippen molar-refractivity contribution in [1.29, 1.82) is 0 Å². The molecule has 1 saturated heterocycles. The molecular weight excluding hydrogens is 562 g/mol. The van der Waals surface area contributed by atoms with E-state index in [1.165, 1.54) is 7.11 Å². The number of carbonyl (C=O) groups is 4. The van der Waals surface area contributed by atoms with Crippen LogP contribution in [0.5, 0.6) is 0 Å². The van der Waals surface area contributed by atoms with Gasteiger partial charge in [-0.1, -0.05) is 36.4 Å². The summed E-state index contributed by atoms with van der Waals surface area (Å²) in [6, 6.07) is 16.5. The van der Waals surface area contributed by atoms with E-state index in [1.54, 1.807) is 34.1 Å². The molecule has 4 rings (SSSR count). The van der Waals surface area contributed by atoms with Crippen LogP contribution in [-0.4, -0.2) is 67.3 Å². The number of carbonyl (C=O) groups excluding carboxylic acids is 4. The molecule has 1 heterocycles. The summed E-state index contributed by atoms with van der Waals surface area (Å²) in [5.41, 5.74) is 1.33. The van der Waals surface area contributed by atoms with Crippen molar-refractivity contribution in [3.63, 3.8) is 0 Å². The summed E-state index contributed by atoms with van der Waals surface area (Å²) in [7, 11) is 1.40. The first-order valence-electron chi connectivity index (χ1n) is 15.5. The van der Waals surface area contributed by atoms with Gasteiger partial charge >= 0.3 is 18.2 Å². The average molecular weight is 608 g/mol. The van der Waals surface area contributed by atoms with Gasteiger partial charge in [0.1, 0.15) is 12.2 Å². The molecule has 0 radical (unpaired) electrons. The standard InChI is InChI=1S/C34H45N3O7/c1-34(2,3)44-32(40)36-19-17-24(18-20-36)22-37(33(41)43-23-25-9-6-5-7-10-25)29-12-8-11-27(21-29)30(38)35-28-15-13-26(14-16-28)31(39)42-4/h5-12,21,24,26,28H,13-20,22-23H2,1-4H3,(H,35,38). The van der Waals surface area contributed by atoms with Crippen molar-refractivity contribution in [2.75, 3.05) is 31.6 Å². The summed E-state index contributed by atoms with van der Waals surface area (Å²) < 4.78 is 16.1. The first-order chi connectivity index (χ1) is 21.0. The number of hydrogen-bond donors (Lipinski definition) is 1. The second-order valence-corrected chi connectivity index (χ2v) is 12.7. The van der Waals surface area contributed by atoms with E-state index in [0.29, 0.717) is 69.4 Å². The second-order valence-electron chi connectivity index (χ2n) is 12.7. The van der Waals surface area contributed by atoms with Crippen LogP contribution < -0.4 is 10.2 Å². The van der Waals surface area contributed by atoms with Crippen molar-refractivity contribution >= 4 is 29.8 Å². The quantitative estimate of drug-likeness (QED) is 0.292. The Labute approximate surface area is 260 Å². The summed E-state index contributed by atoms with van der Waals surface area (Å²) in [6.45, 7) is 7.13. The molecule has 1 N–H and O–H groups in total. The van der Waals surface area contributed by atoms with E-state index >= 15 is 0 Å². The Balaban J connectivity index is 1.43. The maximum absolute atomic E-state index is 13.5. The molecule has 0 atom stereocenters. The third-order valence-corrected chi connectivity index (χ3v) is 8.15. The number of anilines is 1. The Morgan fingerprint density at radius 3 is 2.23 bits per heavy atom. The van der Waals surface area contributed by atoms with Gasteiger partial charge in [-0.25, -0.2) is 9.59 Å². The van der Waals surface area contributed by atoms with Crippen molar-refractivity contribution in [2.24, 2.45) is 11.8 Å². The third kappa shape index (κ3) is 9.46. The Morgan fingerprint density at radius 2 is 1.59 bits per heavy atom. The minimum Gasteiger partial charge on any atom is -0.469 e. The molecular formula is C34H45N3O7. The minimum atomic E-state index is -0.562. The lowest BCUT2D eigenvalue weighted by Gasteiger charge is -2.35. The first-order valence-corrected chi connectivity index (χ1v) is 15.5. The normalized spacial score (nSPS) is 19.0. The van der Waals surface area contributed by atoms with E-state index < -0.39 is 11.7 Å². The number of ether oxygens (including phenoxy) is 3. The number of methoxy groups -OCH3 is 1. The van der Waals surface area contributed by atoms with E-state index in [1.807, 2.05) is 51.1 Å². The maximum Gasteiger partial charge on any atom is 0.414 e. The molecule has 10 nitrogen and oxygen atoms in total. The van der Waals surface area contributed by atoms with Crippen molar-refractivity contribution < 1.29 is 33.4 Å². The molecule has 3 amide bonds. The zero-order chi connectivity index (χ0) is 31.7. The highest BCUT2D eigenvalue weighted by Gasteiger charge is 2.31. The van der Waals surface area contributed by atoms with Crippen molar-refractivity contribution in [3.8, 4) is 0 Å². The number of esters is 1. The van der Waals surface area contributed by atoms with E-state index in [9.17, 15) is 19.2 Å². The topological polar surface area (TPSA) is 114 Å². The Bertz CT molecular complexity index is 1280. The minimum absolute atomic E-state index is 0.0332. The van der Waals surface area contributed by atoms with Crippen molar-refractivity contribution in [3.05, 3.63) is 65.7 Å². The van der Waals surface area contributed by atoms with E-state index in [4.69, 9.17) is 14.2 Å². The van der Waals surface area contributed by atoms with Crippen LogP contribution in [0.25, 0.3) is 0 Å². The van der Waals surface area contributed by atoms with Crippen LogP contribution in [0.3, 0.4) is 0 Å². The number of rotatable bonds is 8. The van der Waals surface area contributed by atoms with E-state index in [0.717, 1.165) is 5.56 Å². The van der Waals surface area contributed by atoms with Gasteiger partial charge in [0, 0.05) is 36.9 Å². The van der Waals surface area contributed by atoms with Gasteiger partial charge in [0.05, 0.1) is 13.0 Å². The molecule has 10 heteroatoms. The van der Waals surface area contributed by atoms with Gasteiger partial charge in [0.15, 0.2) is 0 Å². The third-order valence-electron chi connectivity index (χ3n) is 8.15. The zero-order valence-corrected chi connectivity index (χ0v) is 26.3. The number of benzene rings is 2. The monoisotopic (exact) mass is 607 g/mol. The zero-order valence-electron chi connectivity index (χ0n) is 26.3. The van der Waals surface area contributed by atoms with Crippen LogP contribution in [0.15, 0.2) is 54.6 Å². The number of nitrogens with one attached hydrogen (secondary N) is 1. The van der Waals surface area contributed by atoms with Crippen molar-refractivity contribution in [1.82, 2.24) is 10.2 Å². The number of amides is 3. The number of piperidine rings is 1. The molecule has 2 aromatic carbocycles. The van der Waals surface area contributed by atoms with Gasteiger partial charge in [0.2, 0.25) is 0 Å². The molecule has 0 unspecified atom stereocenters. The molecule has 2 aliphatic rings. The Hall–Kier alpha value is -4.08. The molecule has 1 saturated carbocycles. The summed E-state index contributed by atoms with van der Waals surface area (Å²) in [5, 5.41) is 3.09. The highest BCUT2D eigenvalue weighted by molar-refractivity contribution is 5.97. The summed E-state index contributed by atoms with van der Waals surface area (Å²) >= 11 is 0. The summed E-state index contributed by atoms with van der Waals surface area (Å²) in [4.78, 5) is 54.5. The lowest BCUT2D eigenvalue weighted by molar-refractivity contribution is -0.146. The molecule has 0 aromatic heterocycles. The maximum atomic E-state index is 13.5. The van der Waals surface area contributed by atoms with Gasteiger partial charge < -0.3 is 24.4 Å². The fourth-order valence-electron chi connectivity index (χ4n) is 5.69. The lowest BCUT2D eigenvalue weighted by Crippen LogP contribution is -2.44. The number of nitrogens with zero attached hydrogens (tertiary/aromatic N) is 2. The highest BCUT2D eigenvalue weighted by Crippen LogP contribution is 2.27. The molecule has 2 fully saturated rings. The van der Waals surface area contributed by atoms with Crippen LogP contribution in [0.4, 0.5) is 15.3 Å². The predicted molar refractivity (Wildman–Crippen MR) is 166 cm³/mol. The van der Waals surface area contributed by atoms with E-state index in [2.05, 4.69) is 5.32 Å². The molecule has 1 aliphatic heterocycles. The van der Waals surface area contributed by atoms with Gasteiger partial charge in [-0.15, -0.1) is 0 Å². The van der Waals surface area contributed by atoms with Crippen LogP contribution in [0.2, 0.25) is 0 Å². The summed E-state index contributed by atoms with van der Waals surface area (Å²) in [5.74, 6) is -0.419. The van der Waals surface area contributed by atoms with Gasteiger partial charge in [-0.05, 0) is 89.0 Å². The van der Waals surface area contributed by atoms with Gasteiger partial charge in [-0.3, -0.25) is 14.5 Å². The Morgan fingerprint density at radius 1 is 0.909 bits per heavy atom. The number of likely N-dealkylation sites (tertiary alicyclic amines) is 1. The van der Waals surface area contributed by atoms with Gasteiger partial charge in [-0.2, -0.15) is 0 Å². The fourth-order valence-corrected chi connectivity index (χ4v) is 5.69. The molecule has 0 bridgehead atoms. The molecule has 0 spiro atoms. The van der Waals surface area contributed by atoms with Gasteiger partial charge in [0.25, 0.3) is 5.91 Å². The van der Waals surface area contributed by atoms with Crippen LogP contribution >= 0.6 is 0 Å². The van der Waals surface area contributed by atoms with Crippen LogP contribution in [-0.2, 0) is 25.6 Å². The molecule has 1 aliphatic carbocycles. The average Bonchev–Trinajstić information content (AvgIpc) is 3.02. The fraction of sp³-hybridized carbons (Fsp3) is 0.529. The predicted octanol–water partition coefficient (Wildman–Crippen LogP) is 5.94. The van der Waals surface area contributed by atoms with E-state index in [-0.39, 0.29) is 42.5 Å². The van der Waals surface area contributed by atoms with Crippen molar-refractivity contribution in [2.45, 2.75) is 77.5 Å². The second kappa shape index (κ2) is 15.1. The highest BCUT2D eigenvalue weighted by atomic mass is 16.6. The smallest absolute Gasteiger partial charge is 0.414 e. The summed E-state index contributed by atoms with van der Waals surface area (Å²) in [6.07, 6.45) is 3.33. The first kappa shape index (κ1) is 32.8. The molecule has 2 aromatic rings. The van der Waals surface area contributed by atoms with Crippen LogP contribution in [0.1, 0.15) is 75.2 Å². The SMILES string of the molecule is COC(=O)C1CCC(NC(=O)c2cccc(N(CC3CCN(C(=O)OC(C)(C)C)CC3)C(=O)OCc3ccccc3)c2)CC1. The lowest BCUT2D eigenvalue weighted by atomic mass is 9.86.